The molecule has 2 aromatic carbocycles. The molecule has 2 rings (SSSR count). The number of carbonyl (C=O) groups excluding carboxylic acids is 2. The summed E-state index contributed by atoms with van der Waals surface area (Å²) in [5, 5.41) is 2.76. The molecule has 0 atom stereocenters. The van der Waals surface area contributed by atoms with Crippen LogP contribution in [0, 0.1) is 0 Å². The summed E-state index contributed by atoms with van der Waals surface area (Å²) in [6, 6.07) is 13.3. The Morgan fingerprint density at radius 1 is 1.13 bits per heavy atom. The quantitative estimate of drug-likeness (QED) is 0.657. The molecule has 5 heteroatoms. The summed E-state index contributed by atoms with van der Waals surface area (Å²) >= 11 is 0. The Hall–Kier alpha value is -3.08. The Balaban J connectivity index is 2.06. The van der Waals surface area contributed by atoms with E-state index >= 15 is 0 Å². The van der Waals surface area contributed by atoms with Crippen LogP contribution in [0.25, 0.3) is 0 Å². The van der Waals surface area contributed by atoms with Gasteiger partial charge in [-0.05, 0) is 42.5 Å². The van der Waals surface area contributed by atoms with E-state index in [1.807, 2.05) is 0 Å². The molecule has 0 saturated heterocycles. The summed E-state index contributed by atoms with van der Waals surface area (Å²) in [5.74, 6) is -0.102. The van der Waals surface area contributed by atoms with E-state index in [0.29, 0.717) is 29.2 Å². The molecule has 2 aromatic rings. The first-order chi connectivity index (χ1) is 11.1. The third-order valence-corrected chi connectivity index (χ3v) is 3.03. The molecule has 0 unspecified atom stereocenters. The van der Waals surface area contributed by atoms with Crippen molar-refractivity contribution in [2.45, 2.75) is 0 Å². The van der Waals surface area contributed by atoms with Crippen LogP contribution >= 0.6 is 0 Å². The molecule has 0 aliphatic carbocycles. The fourth-order valence-electron chi connectivity index (χ4n) is 1.90. The van der Waals surface area contributed by atoms with Crippen molar-refractivity contribution in [2.24, 2.45) is 0 Å². The Morgan fingerprint density at radius 3 is 2.48 bits per heavy atom. The lowest BCUT2D eigenvalue weighted by Crippen LogP contribution is -2.13. The lowest BCUT2D eigenvalue weighted by atomic mass is 10.1. The van der Waals surface area contributed by atoms with E-state index in [9.17, 15) is 9.59 Å². The molecule has 0 spiro atoms. The third kappa shape index (κ3) is 4.44. The highest BCUT2D eigenvalue weighted by molar-refractivity contribution is 6.05. The van der Waals surface area contributed by atoms with Crippen LogP contribution in [0.5, 0.6) is 5.75 Å². The molecule has 0 radical (unpaired) electrons. The number of hydrogen-bond acceptors (Lipinski definition) is 4. The summed E-state index contributed by atoms with van der Waals surface area (Å²) in [6.45, 7) is 4.00. The van der Waals surface area contributed by atoms with Crippen molar-refractivity contribution < 1.29 is 19.1 Å². The monoisotopic (exact) mass is 311 g/mol. The van der Waals surface area contributed by atoms with E-state index in [0.717, 1.165) is 0 Å². The van der Waals surface area contributed by atoms with E-state index < -0.39 is 5.97 Å². The van der Waals surface area contributed by atoms with E-state index in [4.69, 9.17) is 4.74 Å². The number of esters is 1. The van der Waals surface area contributed by atoms with Crippen molar-refractivity contribution >= 4 is 17.6 Å². The number of benzene rings is 2. The number of amides is 1. The molecule has 118 valence electrons. The number of methoxy groups -OCH3 is 1. The van der Waals surface area contributed by atoms with E-state index in [1.165, 1.54) is 13.2 Å². The maximum absolute atomic E-state index is 12.2. The minimum absolute atomic E-state index is 0.310. The summed E-state index contributed by atoms with van der Waals surface area (Å²) in [5.41, 5.74) is 1.33. The average molecular weight is 311 g/mol. The molecule has 23 heavy (non-hydrogen) atoms. The molecule has 5 nitrogen and oxygen atoms in total. The van der Waals surface area contributed by atoms with Gasteiger partial charge in [-0.15, -0.1) is 0 Å². The number of nitrogens with one attached hydrogen (secondary N) is 1. The first kappa shape index (κ1) is 16.3. The molecule has 0 saturated carbocycles. The van der Waals surface area contributed by atoms with Crippen LogP contribution in [0.1, 0.15) is 20.7 Å². The predicted octanol–water partition coefficient (Wildman–Crippen LogP) is 3.29. The first-order valence-corrected chi connectivity index (χ1v) is 6.97. The molecule has 0 fully saturated rings. The fraction of sp³-hybridized carbons (Fsp3) is 0.111. The van der Waals surface area contributed by atoms with Crippen molar-refractivity contribution in [3.63, 3.8) is 0 Å². The zero-order chi connectivity index (χ0) is 16.7. The SMILES string of the molecule is C=CCOc1ccc(NC(=O)c2cccc(C(=O)OC)c2)cc1. The highest BCUT2D eigenvalue weighted by Crippen LogP contribution is 2.17. The highest BCUT2D eigenvalue weighted by atomic mass is 16.5. The normalized spacial score (nSPS) is 9.78. The van der Waals surface area contributed by atoms with Gasteiger partial charge < -0.3 is 14.8 Å². The van der Waals surface area contributed by atoms with Gasteiger partial charge in [0.05, 0.1) is 12.7 Å². The predicted molar refractivity (Wildman–Crippen MR) is 87.9 cm³/mol. The summed E-state index contributed by atoms with van der Waals surface area (Å²) in [4.78, 5) is 23.7. The molecule has 1 N–H and O–H groups in total. The van der Waals surface area contributed by atoms with Crippen molar-refractivity contribution in [3.05, 3.63) is 72.3 Å². The van der Waals surface area contributed by atoms with Crippen LogP contribution in [-0.4, -0.2) is 25.6 Å². The van der Waals surface area contributed by atoms with Gasteiger partial charge in [-0.3, -0.25) is 4.79 Å². The van der Waals surface area contributed by atoms with E-state index in [2.05, 4.69) is 16.6 Å². The molecular weight excluding hydrogens is 294 g/mol. The molecule has 0 aliphatic rings. The van der Waals surface area contributed by atoms with Crippen LogP contribution in [0.4, 0.5) is 5.69 Å². The largest absolute Gasteiger partial charge is 0.490 e. The zero-order valence-electron chi connectivity index (χ0n) is 12.7. The summed E-state index contributed by atoms with van der Waals surface area (Å²) in [7, 11) is 1.30. The minimum Gasteiger partial charge on any atom is -0.490 e. The number of ether oxygens (including phenoxy) is 2. The maximum atomic E-state index is 12.2. The Morgan fingerprint density at radius 2 is 1.83 bits per heavy atom. The number of rotatable bonds is 6. The molecule has 0 aromatic heterocycles. The maximum Gasteiger partial charge on any atom is 0.337 e. The van der Waals surface area contributed by atoms with Gasteiger partial charge in [0, 0.05) is 11.3 Å². The van der Waals surface area contributed by atoms with Gasteiger partial charge in [0.2, 0.25) is 0 Å². The van der Waals surface area contributed by atoms with Gasteiger partial charge in [-0.2, -0.15) is 0 Å². The zero-order valence-corrected chi connectivity index (χ0v) is 12.7. The van der Waals surface area contributed by atoms with Crippen LogP contribution in [0.15, 0.2) is 61.2 Å². The van der Waals surface area contributed by atoms with Crippen LogP contribution in [-0.2, 0) is 4.74 Å². The number of anilines is 1. The Bertz CT molecular complexity index is 707. The van der Waals surface area contributed by atoms with Gasteiger partial charge in [-0.25, -0.2) is 4.79 Å². The lowest BCUT2D eigenvalue weighted by Gasteiger charge is -2.08. The summed E-state index contributed by atoms with van der Waals surface area (Å²) in [6.07, 6.45) is 1.66. The van der Waals surface area contributed by atoms with Crippen molar-refractivity contribution in [1.82, 2.24) is 0 Å². The average Bonchev–Trinajstić information content (AvgIpc) is 2.60. The smallest absolute Gasteiger partial charge is 0.337 e. The third-order valence-electron chi connectivity index (χ3n) is 3.03. The molecule has 0 aliphatic heterocycles. The second-order valence-electron chi connectivity index (χ2n) is 4.65. The molecular formula is C18H17NO4. The van der Waals surface area contributed by atoms with Gasteiger partial charge in [-0.1, -0.05) is 18.7 Å². The number of hydrogen-bond donors (Lipinski definition) is 1. The van der Waals surface area contributed by atoms with Gasteiger partial charge >= 0.3 is 5.97 Å². The minimum atomic E-state index is -0.483. The van der Waals surface area contributed by atoms with E-state index in [-0.39, 0.29) is 5.91 Å². The standard InChI is InChI=1S/C18H17NO4/c1-3-11-23-16-9-7-15(8-10-16)19-17(20)13-5-4-6-14(12-13)18(21)22-2/h3-10,12H,1,11H2,2H3,(H,19,20). The number of carbonyl (C=O) groups is 2. The topological polar surface area (TPSA) is 64.6 Å². The molecule has 0 heterocycles. The van der Waals surface area contributed by atoms with Crippen molar-refractivity contribution in [1.29, 1.82) is 0 Å². The second kappa shape index (κ2) is 7.79. The molecule has 1 amide bonds. The van der Waals surface area contributed by atoms with Gasteiger partial charge in [0.1, 0.15) is 12.4 Å². The van der Waals surface area contributed by atoms with Crippen molar-refractivity contribution in [3.8, 4) is 5.75 Å². The lowest BCUT2D eigenvalue weighted by molar-refractivity contribution is 0.0600. The Labute approximate surface area is 134 Å². The first-order valence-electron chi connectivity index (χ1n) is 6.97. The van der Waals surface area contributed by atoms with Gasteiger partial charge in [0.25, 0.3) is 5.91 Å². The second-order valence-corrected chi connectivity index (χ2v) is 4.65. The molecule has 0 bridgehead atoms. The van der Waals surface area contributed by atoms with Crippen LogP contribution in [0.2, 0.25) is 0 Å². The van der Waals surface area contributed by atoms with Crippen LogP contribution < -0.4 is 10.1 Å². The van der Waals surface area contributed by atoms with Crippen LogP contribution in [0.3, 0.4) is 0 Å². The van der Waals surface area contributed by atoms with E-state index in [1.54, 1.807) is 48.5 Å². The highest BCUT2D eigenvalue weighted by Gasteiger charge is 2.10. The van der Waals surface area contributed by atoms with Gasteiger partial charge in [0.15, 0.2) is 0 Å². The van der Waals surface area contributed by atoms with Crippen molar-refractivity contribution in [2.75, 3.05) is 19.0 Å². The fourth-order valence-corrected chi connectivity index (χ4v) is 1.90. The summed E-state index contributed by atoms with van der Waals surface area (Å²) < 4.78 is 10.0. The Kier molecular flexibility index (Phi) is 5.52.